The number of aliphatic carboxylic acids is 1. The summed E-state index contributed by atoms with van der Waals surface area (Å²) in [5.74, 6) is -1.52. The van der Waals surface area contributed by atoms with E-state index < -0.39 is 41.9 Å². The summed E-state index contributed by atoms with van der Waals surface area (Å²) in [7, 11) is 8.08. The predicted molar refractivity (Wildman–Crippen MR) is 276 cm³/mol. The average molecular weight is 1060 g/mol. The fourth-order valence-corrected chi connectivity index (χ4v) is 7.89. The number of hydrogen-bond acceptors (Lipinski definition) is 13. The number of amides is 1. The van der Waals surface area contributed by atoms with E-state index in [-0.39, 0.29) is 49.1 Å². The second kappa shape index (κ2) is 27.1. The van der Waals surface area contributed by atoms with E-state index in [4.69, 9.17) is 78.2 Å². The molecular formula is C48H60Cl4F2N12O5. The number of pyridine rings is 2. The van der Waals surface area contributed by atoms with Crippen LogP contribution in [0.1, 0.15) is 76.0 Å². The SMILES string of the molecule is CC(Oc1cc(-c2cnn([C@H](C)C(=O)NCCCN(C)C)c2)cnc1N)c1c(Cl)ccc(F)c1Cl.CC(Oc1cc(-c2cnn([C@H](C)C(=O)O)c2)cnc1N)c1c(Cl)ccc(F)c1Cl.CN(C)CCCN. The Morgan fingerprint density at radius 3 is 1.51 bits per heavy atom. The number of carbonyl (C=O) groups is 2. The van der Waals surface area contributed by atoms with Gasteiger partial charge in [-0.25, -0.2) is 23.5 Å². The Morgan fingerprint density at radius 2 is 1.11 bits per heavy atom. The number of halogens is 6. The van der Waals surface area contributed by atoms with Crippen molar-refractivity contribution in [3.63, 3.8) is 0 Å². The molecule has 4 heterocycles. The number of hydrogen-bond donors (Lipinski definition) is 5. The summed E-state index contributed by atoms with van der Waals surface area (Å²) < 4.78 is 42.5. The third kappa shape index (κ3) is 16.4. The maximum absolute atomic E-state index is 13.9. The van der Waals surface area contributed by atoms with Gasteiger partial charge in [-0.15, -0.1) is 0 Å². The summed E-state index contributed by atoms with van der Waals surface area (Å²) in [4.78, 5) is 36.1. The van der Waals surface area contributed by atoms with Gasteiger partial charge in [0.05, 0.1) is 22.4 Å². The monoisotopic (exact) mass is 1060 g/mol. The van der Waals surface area contributed by atoms with Crippen molar-refractivity contribution in [2.45, 2.75) is 64.8 Å². The van der Waals surface area contributed by atoms with Crippen LogP contribution in [0.2, 0.25) is 20.1 Å². The number of nitrogen functional groups attached to an aromatic ring is 2. The lowest BCUT2D eigenvalue weighted by Gasteiger charge is -2.19. The Labute approximate surface area is 432 Å². The molecule has 6 aromatic rings. The lowest BCUT2D eigenvalue weighted by molar-refractivity contribution is -0.140. The standard InChI is InChI=1S/C24H29Cl2FN6O2.C19H17Cl2FN4O3.C5H14N2/c1-14(24(34)29-8-5-9-32(3)4)33-13-17(12-31-33)16-10-20(23(28)30-11-16)35-15(2)21-18(25)6-7-19(27)22(21)26;1-9(19(27)28)26-8-12(7-25-26)11-5-15(18(23)24-6-11)29-10(2)16-13(20)3-4-14(22)17(16)21;1-7(2)5-3-4-6/h6-7,10-15H,5,8-9H2,1-4H3,(H2,28,30)(H,29,34);3-10H,1-2H3,(H2,23,24)(H,27,28);3-6H2,1-2H3/t14-,15?;9-,10?;/m11./s1. The lowest BCUT2D eigenvalue weighted by atomic mass is 10.1. The first-order valence-corrected chi connectivity index (χ1v) is 23.8. The van der Waals surface area contributed by atoms with Crippen LogP contribution in [-0.4, -0.2) is 111 Å². The first kappa shape index (κ1) is 57.8. The number of aromatic nitrogens is 6. The van der Waals surface area contributed by atoms with Crippen LogP contribution in [0.15, 0.2) is 73.6 Å². The molecule has 6 rings (SSSR count). The van der Waals surface area contributed by atoms with Crippen LogP contribution >= 0.6 is 46.4 Å². The van der Waals surface area contributed by atoms with Gasteiger partial charge < -0.3 is 46.9 Å². The van der Waals surface area contributed by atoms with E-state index in [9.17, 15) is 18.4 Å². The highest BCUT2D eigenvalue weighted by molar-refractivity contribution is 6.36. The number of nitrogens with zero attached hydrogens (tertiary/aromatic N) is 8. The molecule has 71 heavy (non-hydrogen) atoms. The number of rotatable bonds is 19. The third-order valence-electron chi connectivity index (χ3n) is 10.6. The summed E-state index contributed by atoms with van der Waals surface area (Å²) in [5.41, 5.74) is 20.4. The molecule has 2 aromatic carbocycles. The van der Waals surface area contributed by atoms with Gasteiger partial charge in [0.15, 0.2) is 23.1 Å². The molecule has 0 saturated carbocycles. The van der Waals surface area contributed by atoms with Gasteiger partial charge in [-0.05, 0) is 125 Å². The van der Waals surface area contributed by atoms with Gasteiger partial charge in [0.2, 0.25) is 5.91 Å². The quantitative estimate of drug-likeness (QED) is 0.0376. The number of carboxylic acid groups (broad SMARTS) is 1. The number of carboxylic acids is 1. The molecular weight excluding hydrogens is 1000 g/mol. The molecule has 4 atom stereocenters. The van der Waals surface area contributed by atoms with Gasteiger partial charge in [0, 0.05) is 74.8 Å². The summed E-state index contributed by atoms with van der Waals surface area (Å²) in [6.07, 6.45) is 10.2. The molecule has 8 N–H and O–H groups in total. The van der Waals surface area contributed by atoms with E-state index in [1.807, 2.05) is 14.1 Å². The van der Waals surface area contributed by atoms with Crippen molar-refractivity contribution in [2.24, 2.45) is 5.73 Å². The maximum Gasteiger partial charge on any atom is 0.328 e. The lowest BCUT2D eigenvalue weighted by Crippen LogP contribution is -2.33. The largest absolute Gasteiger partial charge is 0.482 e. The molecule has 0 aliphatic heterocycles. The number of carbonyl (C=O) groups excluding carboxylic acids is 1. The van der Waals surface area contributed by atoms with Crippen molar-refractivity contribution in [1.29, 1.82) is 0 Å². The van der Waals surface area contributed by atoms with Crippen LogP contribution in [0, 0.1) is 11.6 Å². The van der Waals surface area contributed by atoms with Crippen molar-refractivity contribution in [3.05, 3.63) is 116 Å². The number of benzene rings is 2. The Hall–Kier alpha value is -5.80. The van der Waals surface area contributed by atoms with Crippen LogP contribution in [-0.2, 0) is 9.59 Å². The van der Waals surface area contributed by atoms with E-state index in [2.05, 4.69) is 49.4 Å². The van der Waals surface area contributed by atoms with Gasteiger partial charge in [-0.2, -0.15) is 10.2 Å². The Bertz CT molecular complexity index is 2730. The summed E-state index contributed by atoms with van der Waals surface area (Å²) >= 11 is 24.5. The number of anilines is 2. The second-order valence-electron chi connectivity index (χ2n) is 16.8. The normalized spacial score (nSPS) is 12.8. The minimum atomic E-state index is -1.00. The van der Waals surface area contributed by atoms with Crippen LogP contribution in [0.3, 0.4) is 0 Å². The van der Waals surface area contributed by atoms with E-state index >= 15 is 0 Å². The molecule has 2 unspecified atom stereocenters. The van der Waals surface area contributed by atoms with Crippen molar-refractivity contribution in [3.8, 4) is 33.8 Å². The highest BCUT2D eigenvalue weighted by Gasteiger charge is 2.23. The van der Waals surface area contributed by atoms with E-state index in [1.54, 1.807) is 62.4 Å². The molecule has 23 heteroatoms. The van der Waals surface area contributed by atoms with Crippen LogP contribution in [0.25, 0.3) is 22.3 Å². The molecule has 0 spiro atoms. The second-order valence-corrected chi connectivity index (χ2v) is 18.3. The van der Waals surface area contributed by atoms with Gasteiger partial charge in [-0.1, -0.05) is 46.4 Å². The minimum Gasteiger partial charge on any atom is -0.482 e. The Balaban J connectivity index is 0.000000275. The average Bonchev–Trinajstić information content (AvgIpc) is 4.03. The van der Waals surface area contributed by atoms with Crippen LogP contribution in [0.4, 0.5) is 20.4 Å². The van der Waals surface area contributed by atoms with E-state index in [0.29, 0.717) is 34.4 Å². The molecule has 384 valence electrons. The van der Waals surface area contributed by atoms with Gasteiger partial charge in [0.1, 0.15) is 35.9 Å². The first-order chi connectivity index (χ1) is 33.5. The predicted octanol–water partition coefficient (Wildman–Crippen LogP) is 9.40. The maximum atomic E-state index is 13.9. The van der Waals surface area contributed by atoms with Crippen molar-refractivity contribution >= 4 is 69.9 Å². The molecule has 4 aromatic heterocycles. The number of nitrogens with two attached hydrogens (primary N) is 3. The van der Waals surface area contributed by atoms with Crippen LogP contribution in [0.5, 0.6) is 11.5 Å². The Morgan fingerprint density at radius 1 is 0.690 bits per heavy atom. The highest BCUT2D eigenvalue weighted by Crippen LogP contribution is 2.39. The zero-order valence-corrected chi connectivity index (χ0v) is 43.7. The van der Waals surface area contributed by atoms with Gasteiger partial charge in [0.25, 0.3) is 0 Å². The van der Waals surface area contributed by atoms with E-state index in [1.165, 1.54) is 48.3 Å². The van der Waals surface area contributed by atoms with Gasteiger partial charge in [-0.3, -0.25) is 14.2 Å². The minimum absolute atomic E-state index is 0.108. The zero-order chi connectivity index (χ0) is 52.7. The molecule has 0 bridgehead atoms. The molecule has 0 aliphatic rings. The summed E-state index contributed by atoms with van der Waals surface area (Å²) in [6.45, 7) is 10.0. The van der Waals surface area contributed by atoms with Crippen molar-refractivity contribution in [1.82, 2.24) is 44.6 Å². The molecule has 17 nitrogen and oxygen atoms in total. The van der Waals surface area contributed by atoms with Crippen molar-refractivity contribution in [2.75, 3.05) is 65.8 Å². The van der Waals surface area contributed by atoms with Gasteiger partial charge >= 0.3 is 5.97 Å². The zero-order valence-electron chi connectivity index (χ0n) is 40.6. The third-order valence-corrected chi connectivity index (χ3v) is 12.1. The number of ether oxygens (including phenoxy) is 2. The molecule has 0 fully saturated rings. The molecule has 0 saturated heterocycles. The summed E-state index contributed by atoms with van der Waals surface area (Å²) in [6, 6.07) is 7.21. The fraction of sp³-hybridized carbons (Fsp3) is 0.375. The topological polar surface area (TPSA) is 231 Å². The summed E-state index contributed by atoms with van der Waals surface area (Å²) in [5, 5.41) is 20.7. The van der Waals surface area contributed by atoms with E-state index in [0.717, 1.165) is 38.0 Å². The van der Waals surface area contributed by atoms with Crippen molar-refractivity contribution < 1.29 is 33.0 Å². The smallest absolute Gasteiger partial charge is 0.328 e. The molecule has 0 aliphatic carbocycles. The van der Waals surface area contributed by atoms with Crippen LogP contribution < -0.4 is 32.0 Å². The molecule has 0 radical (unpaired) electrons. The Kier molecular flexibility index (Phi) is 22.1. The first-order valence-electron chi connectivity index (χ1n) is 22.2. The molecule has 1 amide bonds. The number of nitrogens with one attached hydrogen (secondary N) is 1. The highest BCUT2D eigenvalue weighted by atomic mass is 35.5. The fourth-order valence-electron chi connectivity index (χ4n) is 6.54.